The molecule has 1 aliphatic heterocycles. The fourth-order valence-corrected chi connectivity index (χ4v) is 2.67. The molecule has 1 heterocycles. The molecule has 1 aliphatic rings. The van der Waals surface area contributed by atoms with E-state index < -0.39 is 6.10 Å². The molecule has 0 radical (unpaired) electrons. The Balaban J connectivity index is 1.90. The highest BCUT2D eigenvalue weighted by Gasteiger charge is 2.24. The van der Waals surface area contributed by atoms with Crippen molar-refractivity contribution in [3.63, 3.8) is 0 Å². The van der Waals surface area contributed by atoms with Crippen molar-refractivity contribution in [3.8, 4) is 0 Å². The Morgan fingerprint density at radius 2 is 2.05 bits per heavy atom. The molecule has 1 N–H and O–H groups in total. The van der Waals surface area contributed by atoms with Gasteiger partial charge in [-0.3, -0.25) is 0 Å². The van der Waals surface area contributed by atoms with Crippen LogP contribution in [-0.4, -0.2) is 60.8 Å². The van der Waals surface area contributed by atoms with E-state index in [9.17, 15) is 9.50 Å². The third kappa shape index (κ3) is 4.00. The largest absolute Gasteiger partial charge is 0.393 e. The zero-order chi connectivity index (χ0) is 13.8. The number of benzene rings is 1. The number of piperazine rings is 1. The minimum absolute atomic E-state index is 0.226. The van der Waals surface area contributed by atoms with Crippen LogP contribution in [0.2, 0.25) is 0 Å². The number of aliphatic hydroxyl groups is 1. The van der Waals surface area contributed by atoms with Gasteiger partial charge < -0.3 is 14.9 Å². The summed E-state index contributed by atoms with van der Waals surface area (Å²) >= 11 is 0. The van der Waals surface area contributed by atoms with Crippen LogP contribution in [0.15, 0.2) is 24.3 Å². The first kappa shape index (κ1) is 14.4. The van der Waals surface area contributed by atoms with Gasteiger partial charge in [0.05, 0.1) is 6.10 Å². The van der Waals surface area contributed by atoms with Crippen molar-refractivity contribution in [2.75, 3.05) is 33.7 Å². The van der Waals surface area contributed by atoms with Gasteiger partial charge in [0.15, 0.2) is 0 Å². The van der Waals surface area contributed by atoms with E-state index in [1.807, 2.05) is 6.07 Å². The molecule has 2 unspecified atom stereocenters. The molecule has 2 atom stereocenters. The van der Waals surface area contributed by atoms with Crippen LogP contribution in [0.4, 0.5) is 4.39 Å². The predicted octanol–water partition coefficient (Wildman–Crippen LogP) is 1.36. The van der Waals surface area contributed by atoms with Crippen molar-refractivity contribution in [1.82, 2.24) is 9.80 Å². The topological polar surface area (TPSA) is 26.7 Å². The monoisotopic (exact) mass is 266 g/mol. The van der Waals surface area contributed by atoms with Crippen molar-refractivity contribution in [2.45, 2.75) is 25.0 Å². The van der Waals surface area contributed by atoms with Gasteiger partial charge in [0, 0.05) is 32.1 Å². The molecule has 0 bridgehead atoms. The summed E-state index contributed by atoms with van der Waals surface area (Å²) in [4.78, 5) is 4.56. The molecule has 106 valence electrons. The van der Waals surface area contributed by atoms with Crippen LogP contribution < -0.4 is 0 Å². The van der Waals surface area contributed by atoms with Crippen molar-refractivity contribution >= 4 is 0 Å². The van der Waals surface area contributed by atoms with Gasteiger partial charge in [-0.1, -0.05) is 18.2 Å². The molecule has 1 saturated heterocycles. The van der Waals surface area contributed by atoms with Crippen molar-refractivity contribution < 1.29 is 9.50 Å². The molecule has 0 spiro atoms. The summed E-state index contributed by atoms with van der Waals surface area (Å²) in [6.07, 6.45) is 0.589. The lowest BCUT2D eigenvalue weighted by Gasteiger charge is -2.38. The molecule has 0 amide bonds. The van der Waals surface area contributed by atoms with Crippen LogP contribution in [0.1, 0.15) is 12.0 Å². The van der Waals surface area contributed by atoms with Crippen molar-refractivity contribution in [1.29, 1.82) is 0 Å². The quantitative estimate of drug-likeness (QED) is 0.891. The number of halogens is 1. The van der Waals surface area contributed by atoms with Gasteiger partial charge in [0.1, 0.15) is 5.82 Å². The molecule has 1 aromatic rings. The van der Waals surface area contributed by atoms with Gasteiger partial charge in [-0.25, -0.2) is 4.39 Å². The second kappa shape index (κ2) is 6.46. The SMILES string of the molecule is CN1CCN(C)C(CC(O)Cc2ccccc2F)C1. The Morgan fingerprint density at radius 1 is 1.32 bits per heavy atom. The van der Waals surface area contributed by atoms with Gasteiger partial charge in [0.2, 0.25) is 0 Å². The van der Waals surface area contributed by atoms with Gasteiger partial charge in [-0.2, -0.15) is 0 Å². The van der Waals surface area contributed by atoms with Crippen LogP contribution in [0.5, 0.6) is 0 Å². The van der Waals surface area contributed by atoms with Gasteiger partial charge in [-0.15, -0.1) is 0 Å². The first-order valence-corrected chi connectivity index (χ1v) is 6.86. The number of rotatable bonds is 4. The lowest BCUT2D eigenvalue weighted by Crippen LogP contribution is -2.51. The van der Waals surface area contributed by atoms with Gasteiger partial charge in [-0.05, 0) is 32.1 Å². The van der Waals surface area contributed by atoms with Crippen LogP contribution in [0.25, 0.3) is 0 Å². The number of likely N-dealkylation sites (N-methyl/N-ethyl adjacent to an activating group) is 2. The summed E-state index contributed by atoms with van der Waals surface area (Å²) in [5.74, 6) is -0.226. The molecule has 2 rings (SSSR count). The molecule has 0 aliphatic carbocycles. The van der Waals surface area contributed by atoms with E-state index in [1.54, 1.807) is 12.1 Å². The Bertz CT molecular complexity index is 413. The lowest BCUT2D eigenvalue weighted by molar-refractivity contribution is 0.0636. The predicted molar refractivity (Wildman–Crippen MR) is 74.6 cm³/mol. The average Bonchev–Trinajstić information content (AvgIpc) is 2.37. The van der Waals surface area contributed by atoms with Gasteiger partial charge >= 0.3 is 0 Å². The zero-order valence-corrected chi connectivity index (χ0v) is 11.7. The Hall–Kier alpha value is -0.970. The van der Waals surface area contributed by atoms with Crippen LogP contribution in [0.3, 0.4) is 0 Å². The summed E-state index contributed by atoms with van der Waals surface area (Å²) in [6, 6.07) is 7.03. The first-order valence-electron chi connectivity index (χ1n) is 6.86. The summed E-state index contributed by atoms with van der Waals surface area (Å²) < 4.78 is 13.5. The molecule has 1 aromatic carbocycles. The van der Waals surface area contributed by atoms with E-state index in [4.69, 9.17) is 0 Å². The van der Waals surface area contributed by atoms with Crippen molar-refractivity contribution in [3.05, 3.63) is 35.6 Å². The second-order valence-corrected chi connectivity index (χ2v) is 5.58. The van der Waals surface area contributed by atoms with Crippen molar-refractivity contribution in [2.24, 2.45) is 0 Å². The van der Waals surface area contributed by atoms with E-state index >= 15 is 0 Å². The highest BCUT2D eigenvalue weighted by Crippen LogP contribution is 2.16. The molecule has 19 heavy (non-hydrogen) atoms. The second-order valence-electron chi connectivity index (χ2n) is 5.58. The maximum absolute atomic E-state index is 13.5. The van der Waals surface area contributed by atoms with E-state index in [0.717, 1.165) is 19.6 Å². The molecule has 0 saturated carbocycles. The standard InChI is InChI=1S/C15H23FN2O/c1-17-7-8-18(2)13(11-17)10-14(19)9-12-5-3-4-6-15(12)16/h3-6,13-14,19H,7-11H2,1-2H3. The molecule has 1 fully saturated rings. The third-order valence-electron chi connectivity index (χ3n) is 3.94. The fourth-order valence-electron chi connectivity index (χ4n) is 2.67. The van der Waals surface area contributed by atoms with E-state index in [-0.39, 0.29) is 5.82 Å². The first-order chi connectivity index (χ1) is 9.06. The third-order valence-corrected chi connectivity index (χ3v) is 3.94. The van der Waals surface area contributed by atoms with Crippen LogP contribution in [-0.2, 0) is 6.42 Å². The minimum Gasteiger partial charge on any atom is -0.393 e. The normalized spacial score (nSPS) is 23.5. The summed E-state index contributed by atoms with van der Waals surface area (Å²) in [7, 11) is 4.19. The molecular formula is C15H23FN2O. The number of aliphatic hydroxyl groups excluding tert-OH is 1. The summed E-state index contributed by atoms with van der Waals surface area (Å²) in [5, 5.41) is 10.2. The number of nitrogens with zero attached hydrogens (tertiary/aromatic N) is 2. The van der Waals surface area contributed by atoms with Gasteiger partial charge in [0.25, 0.3) is 0 Å². The fraction of sp³-hybridized carbons (Fsp3) is 0.600. The van der Waals surface area contributed by atoms with E-state index in [2.05, 4.69) is 23.9 Å². The smallest absolute Gasteiger partial charge is 0.126 e. The van der Waals surface area contributed by atoms with E-state index in [0.29, 0.717) is 24.4 Å². The minimum atomic E-state index is -0.490. The van der Waals surface area contributed by atoms with E-state index in [1.165, 1.54) is 6.07 Å². The lowest BCUT2D eigenvalue weighted by atomic mass is 9.99. The number of hydrogen-bond acceptors (Lipinski definition) is 3. The Kier molecular flexibility index (Phi) is 4.91. The Labute approximate surface area is 114 Å². The summed E-state index contributed by atoms with van der Waals surface area (Å²) in [6.45, 7) is 3.05. The maximum Gasteiger partial charge on any atom is 0.126 e. The molecule has 3 nitrogen and oxygen atoms in total. The number of hydrogen-bond donors (Lipinski definition) is 1. The molecule has 4 heteroatoms. The summed E-state index contributed by atoms with van der Waals surface area (Å²) in [5.41, 5.74) is 0.599. The average molecular weight is 266 g/mol. The molecule has 0 aromatic heterocycles. The van der Waals surface area contributed by atoms with Crippen LogP contribution in [0, 0.1) is 5.82 Å². The molecular weight excluding hydrogens is 243 g/mol. The Morgan fingerprint density at radius 3 is 2.79 bits per heavy atom. The van der Waals surface area contributed by atoms with Crippen LogP contribution >= 0.6 is 0 Å². The highest BCUT2D eigenvalue weighted by atomic mass is 19.1. The highest BCUT2D eigenvalue weighted by molar-refractivity contribution is 5.18. The maximum atomic E-state index is 13.5. The zero-order valence-electron chi connectivity index (χ0n) is 11.7.